The van der Waals surface area contributed by atoms with E-state index in [1.807, 2.05) is 0 Å². The van der Waals surface area contributed by atoms with Crippen LogP contribution in [0.25, 0.3) is 0 Å². The maximum absolute atomic E-state index is 5.72. The number of aryl methyl sites for hydroxylation is 3. The van der Waals surface area contributed by atoms with Gasteiger partial charge in [-0.15, -0.1) is 0 Å². The number of ether oxygens (including phenoxy) is 1. The second-order valence-corrected chi connectivity index (χ2v) is 5.68. The SMILES string of the molecule is Cc1cc(C)c(NC2COCc3ccccc32)c(C)c1. The lowest BCUT2D eigenvalue weighted by atomic mass is 9.97. The lowest BCUT2D eigenvalue weighted by Crippen LogP contribution is -2.23. The van der Waals surface area contributed by atoms with Gasteiger partial charge in [-0.05, 0) is 43.0 Å². The van der Waals surface area contributed by atoms with Crippen LogP contribution in [0.5, 0.6) is 0 Å². The molecule has 0 radical (unpaired) electrons. The molecule has 1 atom stereocenters. The Morgan fingerprint density at radius 1 is 1.05 bits per heavy atom. The van der Waals surface area contributed by atoms with Gasteiger partial charge in [-0.3, -0.25) is 0 Å². The van der Waals surface area contributed by atoms with Crippen molar-refractivity contribution in [3.8, 4) is 0 Å². The van der Waals surface area contributed by atoms with Crippen LogP contribution in [0.1, 0.15) is 33.9 Å². The summed E-state index contributed by atoms with van der Waals surface area (Å²) in [4.78, 5) is 0. The lowest BCUT2D eigenvalue weighted by Gasteiger charge is -2.28. The van der Waals surface area contributed by atoms with E-state index in [-0.39, 0.29) is 6.04 Å². The second kappa shape index (κ2) is 5.29. The number of benzene rings is 2. The van der Waals surface area contributed by atoms with Gasteiger partial charge in [0.05, 0.1) is 19.3 Å². The summed E-state index contributed by atoms with van der Waals surface area (Å²) < 4.78 is 5.72. The molecule has 2 aromatic rings. The van der Waals surface area contributed by atoms with Crippen molar-refractivity contribution >= 4 is 5.69 Å². The molecule has 20 heavy (non-hydrogen) atoms. The molecule has 0 aliphatic carbocycles. The van der Waals surface area contributed by atoms with Crippen LogP contribution in [0, 0.1) is 20.8 Å². The van der Waals surface area contributed by atoms with Crippen LogP contribution in [0.4, 0.5) is 5.69 Å². The van der Waals surface area contributed by atoms with E-state index in [9.17, 15) is 0 Å². The molecule has 1 aliphatic heterocycles. The number of fused-ring (bicyclic) bond motifs is 1. The van der Waals surface area contributed by atoms with E-state index in [0.29, 0.717) is 0 Å². The van der Waals surface area contributed by atoms with Crippen LogP contribution in [-0.4, -0.2) is 6.61 Å². The van der Waals surface area contributed by atoms with E-state index >= 15 is 0 Å². The molecule has 1 unspecified atom stereocenters. The van der Waals surface area contributed by atoms with E-state index in [4.69, 9.17) is 4.74 Å². The fraction of sp³-hybridized carbons (Fsp3) is 0.333. The number of hydrogen-bond acceptors (Lipinski definition) is 2. The van der Waals surface area contributed by atoms with Crippen LogP contribution >= 0.6 is 0 Å². The minimum Gasteiger partial charge on any atom is -0.375 e. The van der Waals surface area contributed by atoms with Gasteiger partial charge in [-0.1, -0.05) is 42.0 Å². The van der Waals surface area contributed by atoms with Crippen molar-refractivity contribution in [3.63, 3.8) is 0 Å². The minimum atomic E-state index is 0.236. The Balaban J connectivity index is 1.94. The van der Waals surface area contributed by atoms with Gasteiger partial charge in [-0.2, -0.15) is 0 Å². The zero-order valence-corrected chi connectivity index (χ0v) is 12.4. The van der Waals surface area contributed by atoms with Crippen LogP contribution in [0.15, 0.2) is 36.4 Å². The van der Waals surface area contributed by atoms with Crippen molar-refractivity contribution in [2.24, 2.45) is 0 Å². The smallest absolute Gasteiger partial charge is 0.0751 e. The molecule has 0 spiro atoms. The standard InChI is InChI=1S/C18H21NO/c1-12-8-13(2)18(14(3)9-12)19-17-11-20-10-15-6-4-5-7-16(15)17/h4-9,17,19H,10-11H2,1-3H3. The van der Waals surface area contributed by atoms with Gasteiger partial charge in [0.2, 0.25) is 0 Å². The quantitative estimate of drug-likeness (QED) is 0.876. The Kier molecular flexibility index (Phi) is 3.49. The van der Waals surface area contributed by atoms with Gasteiger partial charge >= 0.3 is 0 Å². The summed E-state index contributed by atoms with van der Waals surface area (Å²) >= 11 is 0. The molecule has 3 rings (SSSR count). The molecule has 0 fully saturated rings. The van der Waals surface area contributed by atoms with Gasteiger partial charge in [0.1, 0.15) is 0 Å². The zero-order valence-electron chi connectivity index (χ0n) is 12.4. The van der Waals surface area contributed by atoms with Crippen LogP contribution in [0.2, 0.25) is 0 Å². The third-order valence-corrected chi connectivity index (χ3v) is 3.97. The highest BCUT2D eigenvalue weighted by molar-refractivity contribution is 5.59. The average molecular weight is 267 g/mol. The summed E-state index contributed by atoms with van der Waals surface area (Å²) in [7, 11) is 0. The van der Waals surface area contributed by atoms with E-state index in [1.54, 1.807) is 0 Å². The summed E-state index contributed by atoms with van der Waals surface area (Å²) in [6, 6.07) is 13.2. The Morgan fingerprint density at radius 2 is 1.75 bits per heavy atom. The first-order valence-electron chi connectivity index (χ1n) is 7.15. The predicted octanol–water partition coefficient (Wildman–Crippen LogP) is 4.30. The Hall–Kier alpha value is -1.80. The van der Waals surface area contributed by atoms with E-state index in [1.165, 1.54) is 33.5 Å². The molecule has 2 nitrogen and oxygen atoms in total. The van der Waals surface area contributed by atoms with Gasteiger partial charge in [0.15, 0.2) is 0 Å². The van der Waals surface area contributed by atoms with E-state index in [2.05, 4.69) is 62.5 Å². The fourth-order valence-corrected chi connectivity index (χ4v) is 3.08. The molecular formula is C18H21NO. The van der Waals surface area contributed by atoms with Crippen LogP contribution in [-0.2, 0) is 11.3 Å². The largest absolute Gasteiger partial charge is 0.375 e. The molecule has 2 heteroatoms. The van der Waals surface area contributed by atoms with Gasteiger partial charge < -0.3 is 10.1 Å². The summed E-state index contributed by atoms with van der Waals surface area (Å²) in [6.07, 6.45) is 0. The highest BCUT2D eigenvalue weighted by atomic mass is 16.5. The monoisotopic (exact) mass is 267 g/mol. The number of hydrogen-bond donors (Lipinski definition) is 1. The van der Waals surface area contributed by atoms with Crippen molar-refractivity contribution in [1.29, 1.82) is 0 Å². The molecule has 0 aromatic heterocycles. The highest BCUT2D eigenvalue weighted by Crippen LogP contribution is 2.31. The summed E-state index contributed by atoms with van der Waals surface area (Å²) in [5.74, 6) is 0. The number of rotatable bonds is 2. The first kappa shape index (κ1) is 13.2. The molecular weight excluding hydrogens is 246 g/mol. The molecule has 0 amide bonds. The first-order chi connectivity index (χ1) is 9.65. The molecule has 0 saturated heterocycles. The normalized spacial score (nSPS) is 17.6. The van der Waals surface area contributed by atoms with Gasteiger partial charge in [0.25, 0.3) is 0 Å². The molecule has 2 aromatic carbocycles. The van der Waals surface area contributed by atoms with Crippen LogP contribution in [0.3, 0.4) is 0 Å². The van der Waals surface area contributed by atoms with Crippen molar-refractivity contribution < 1.29 is 4.74 Å². The van der Waals surface area contributed by atoms with Crippen molar-refractivity contribution in [2.45, 2.75) is 33.4 Å². The third kappa shape index (κ3) is 2.44. The van der Waals surface area contributed by atoms with Gasteiger partial charge in [-0.25, -0.2) is 0 Å². The maximum atomic E-state index is 5.72. The maximum Gasteiger partial charge on any atom is 0.0751 e. The lowest BCUT2D eigenvalue weighted by molar-refractivity contribution is 0.0970. The van der Waals surface area contributed by atoms with Crippen molar-refractivity contribution in [2.75, 3.05) is 11.9 Å². The minimum absolute atomic E-state index is 0.236. The molecule has 1 N–H and O–H groups in total. The number of nitrogens with one attached hydrogen (secondary N) is 1. The molecule has 0 bridgehead atoms. The first-order valence-corrected chi connectivity index (χ1v) is 7.15. The Morgan fingerprint density at radius 3 is 2.50 bits per heavy atom. The average Bonchev–Trinajstić information content (AvgIpc) is 2.43. The molecule has 104 valence electrons. The Bertz CT molecular complexity index is 610. The third-order valence-electron chi connectivity index (χ3n) is 3.97. The summed E-state index contributed by atoms with van der Waals surface area (Å²) in [6.45, 7) is 7.92. The highest BCUT2D eigenvalue weighted by Gasteiger charge is 2.21. The topological polar surface area (TPSA) is 21.3 Å². The van der Waals surface area contributed by atoms with Crippen molar-refractivity contribution in [1.82, 2.24) is 0 Å². The van der Waals surface area contributed by atoms with E-state index in [0.717, 1.165) is 13.2 Å². The fourth-order valence-electron chi connectivity index (χ4n) is 3.08. The summed E-state index contributed by atoms with van der Waals surface area (Å²) in [5.41, 5.74) is 7.79. The van der Waals surface area contributed by atoms with E-state index < -0.39 is 0 Å². The molecule has 1 heterocycles. The predicted molar refractivity (Wildman–Crippen MR) is 83.1 cm³/mol. The summed E-state index contributed by atoms with van der Waals surface area (Å²) in [5, 5.41) is 3.68. The zero-order chi connectivity index (χ0) is 14.1. The Labute approximate surface area is 120 Å². The van der Waals surface area contributed by atoms with Gasteiger partial charge in [0, 0.05) is 5.69 Å². The van der Waals surface area contributed by atoms with Crippen molar-refractivity contribution in [3.05, 3.63) is 64.2 Å². The van der Waals surface area contributed by atoms with Crippen LogP contribution < -0.4 is 5.32 Å². The molecule has 1 aliphatic rings. The second-order valence-electron chi connectivity index (χ2n) is 5.68. The molecule has 0 saturated carbocycles. The number of anilines is 1.